The van der Waals surface area contributed by atoms with Crippen molar-refractivity contribution in [2.45, 2.75) is 19.3 Å². The molecule has 176 valence electrons. The highest BCUT2D eigenvalue weighted by Crippen LogP contribution is 2.19. The van der Waals surface area contributed by atoms with Gasteiger partial charge in [0.2, 0.25) is 0 Å². The fourth-order valence-corrected chi connectivity index (χ4v) is 3.08. The fraction of sp³-hybridized carbons (Fsp3) is 0.429. The summed E-state index contributed by atoms with van der Waals surface area (Å²) in [4.78, 5) is 11.0. The molecule has 0 amide bonds. The number of nitrogens with zero attached hydrogens (tertiary/aromatic N) is 3. The van der Waals surface area contributed by atoms with Gasteiger partial charge in [0.15, 0.2) is 12.6 Å². The molecule has 1 aliphatic rings. The second-order valence-electron chi connectivity index (χ2n) is 6.91. The van der Waals surface area contributed by atoms with E-state index in [1.54, 1.807) is 25.4 Å². The lowest BCUT2D eigenvalue weighted by molar-refractivity contribution is -0.153. The van der Waals surface area contributed by atoms with Crippen molar-refractivity contribution in [1.29, 1.82) is 0 Å². The Bertz CT molecular complexity index is 859. The zero-order chi connectivity index (χ0) is 22.1. The van der Waals surface area contributed by atoms with E-state index in [9.17, 15) is 13.2 Å². The van der Waals surface area contributed by atoms with E-state index >= 15 is 0 Å². The minimum absolute atomic E-state index is 0. The van der Waals surface area contributed by atoms with Crippen molar-refractivity contribution in [3.8, 4) is 5.75 Å². The number of guanidine groups is 1. The number of halogens is 4. The van der Waals surface area contributed by atoms with E-state index in [1.807, 2.05) is 12.1 Å². The van der Waals surface area contributed by atoms with Crippen LogP contribution in [0.4, 0.5) is 19.0 Å². The number of alkyl halides is 3. The van der Waals surface area contributed by atoms with Gasteiger partial charge in [0.05, 0.1) is 13.2 Å². The molecule has 1 aliphatic heterocycles. The number of pyridine rings is 1. The smallest absolute Gasteiger partial charge is 0.422 e. The number of morpholine rings is 1. The van der Waals surface area contributed by atoms with Gasteiger partial charge in [0.1, 0.15) is 11.6 Å². The van der Waals surface area contributed by atoms with E-state index in [2.05, 4.69) is 25.5 Å². The molecule has 0 aliphatic carbocycles. The van der Waals surface area contributed by atoms with Crippen LogP contribution in [0.3, 0.4) is 0 Å². The molecule has 2 aromatic rings. The number of hydrogen-bond donors (Lipinski definition) is 2. The molecule has 2 heterocycles. The molecule has 0 saturated carbocycles. The molecule has 1 aromatic heterocycles. The predicted octanol–water partition coefficient (Wildman–Crippen LogP) is 3.34. The lowest BCUT2D eigenvalue weighted by atomic mass is 10.2. The number of rotatable bonds is 7. The molecule has 1 fully saturated rings. The minimum Gasteiger partial charge on any atom is -0.484 e. The second kappa shape index (κ2) is 12.7. The molecule has 7 nitrogen and oxygen atoms in total. The van der Waals surface area contributed by atoms with Gasteiger partial charge in [-0.15, -0.1) is 24.0 Å². The molecule has 32 heavy (non-hydrogen) atoms. The molecule has 2 N–H and O–H groups in total. The molecule has 1 saturated heterocycles. The fourth-order valence-electron chi connectivity index (χ4n) is 3.08. The van der Waals surface area contributed by atoms with E-state index in [0.29, 0.717) is 32.3 Å². The summed E-state index contributed by atoms with van der Waals surface area (Å²) in [6, 6.07) is 10.4. The van der Waals surface area contributed by atoms with E-state index in [1.165, 1.54) is 12.1 Å². The van der Waals surface area contributed by atoms with Gasteiger partial charge in [-0.3, -0.25) is 4.99 Å². The lowest BCUT2D eigenvalue weighted by Gasteiger charge is -2.29. The van der Waals surface area contributed by atoms with Crippen molar-refractivity contribution in [3.63, 3.8) is 0 Å². The zero-order valence-corrected chi connectivity index (χ0v) is 20.0. The average Bonchev–Trinajstić information content (AvgIpc) is 2.79. The average molecular weight is 565 g/mol. The second-order valence-corrected chi connectivity index (χ2v) is 6.91. The molecule has 0 unspecified atom stereocenters. The normalized spacial score (nSPS) is 14.5. The Kier molecular flexibility index (Phi) is 10.3. The van der Waals surface area contributed by atoms with E-state index in [-0.39, 0.29) is 29.7 Å². The SMILES string of the molecule is CN=C(NCc1ccc(OCC(F)(F)F)cc1)NCc1cccnc1N1CCOCC1.I. The third-order valence-electron chi connectivity index (χ3n) is 4.63. The minimum atomic E-state index is -4.35. The summed E-state index contributed by atoms with van der Waals surface area (Å²) < 4.78 is 46.8. The first-order chi connectivity index (χ1) is 14.9. The zero-order valence-electron chi connectivity index (χ0n) is 17.7. The maximum Gasteiger partial charge on any atom is 0.422 e. The summed E-state index contributed by atoms with van der Waals surface area (Å²) in [7, 11) is 1.68. The third kappa shape index (κ3) is 8.34. The summed E-state index contributed by atoms with van der Waals surface area (Å²) >= 11 is 0. The third-order valence-corrected chi connectivity index (χ3v) is 4.63. The van der Waals surface area contributed by atoms with Crippen molar-refractivity contribution in [3.05, 3.63) is 53.7 Å². The Morgan fingerprint density at radius 1 is 1.12 bits per heavy atom. The molecule has 3 rings (SSSR count). The van der Waals surface area contributed by atoms with Crippen LogP contribution in [0.2, 0.25) is 0 Å². The Morgan fingerprint density at radius 2 is 1.81 bits per heavy atom. The summed E-state index contributed by atoms with van der Waals surface area (Å²) in [6.07, 6.45) is -2.57. The number of hydrogen-bond acceptors (Lipinski definition) is 5. The Morgan fingerprint density at radius 3 is 2.47 bits per heavy atom. The van der Waals surface area contributed by atoms with Crippen molar-refractivity contribution in [2.24, 2.45) is 4.99 Å². The summed E-state index contributed by atoms with van der Waals surface area (Å²) in [5.74, 6) is 1.72. The Balaban J connectivity index is 0.00000363. The van der Waals surface area contributed by atoms with Crippen LogP contribution >= 0.6 is 24.0 Å². The van der Waals surface area contributed by atoms with Crippen molar-refractivity contribution in [1.82, 2.24) is 15.6 Å². The van der Waals surface area contributed by atoms with Gasteiger partial charge in [-0.05, 0) is 23.8 Å². The number of benzene rings is 1. The molecule has 0 radical (unpaired) electrons. The van der Waals surface area contributed by atoms with Gasteiger partial charge in [-0.25, -0.2) is 4.98 Å². The first-order valence-electron chi connectivity index (χ1n) is 9.94. The van der Waals surface area contributed by atoms with Crippen LogP contribution in [0, 0.1) is 0 Å². The van der Waals surface area contributed by atoms with Crippen LogP contribution in [-0.4, -0.2) is 57.1 Å². The first kappa shape index (κ1) is 26.0. The topological polar surface area (TPSA) is 71.0 Å². The Labute approximate surface area is 202 Å². The van der Waals surface area contributed by atoms with Crippen molar-refractivity contribution < 1.29 is 22.6 Å². The van der Waals surface area contributed by atoms with Gasteiger partial charge < -0.3 is 25.0 Å². The molecule has 11 heteroatoms. The summed E-state index contributed by atoms with van der Waals surface area (Å²) in [5.41, 5.74) is 1.94. The number of aromatic nitrogens is 1. The van der Waals surface area contributed by atoms with Crippen LogP contribution in [0.1, 0.15) is 11.1 Å². The quantitative estimate of drug-likeness (QED) is 0.305. The molecule has 0 atom stereocenters. The monoisotopic (exact) mass is 565 g/mol. The van der Waals surface area contributed by atoms with E-state index in [4.69, 9.17) is 9.47 Å². The summed E-state index contributed by atoms with van der Waals surface area (Å²) in [6.45, 7) is 2.69. The van der Waals surface area contributed by atoms with Gasteiger partial charge in [-0.1, -0.05) is 18.2 Å². The van der Waals surface area contributed by atoms with Crippen LogP contribution in [0.15, 0.2) is 47.6 Å². The molecule has 0 spiro atoms. The van der Waals surface area contributed by atoms with Crippen LogP contribution in [0.5, 0.6) is 5.75 Å². The number of aliphatic imine (C=N–C) groups is 1. The summed E-state index contributed by atoms with van der Waals surface area (Å²) in [5, 5.41) is 6.47. The van der Waals surface area contributed by atoms with Gasteiger partial charge >= 0.3 is 6.18 Å². The van der Waals surface area contributed by atoms with Gasteiger partial charge in [-0.2, -0.15) is 13.2 Å². The molecular formula is C21H27F3IN5O2. The van der Waals surface area contributed by atoms with E-state index < -0.39 is 12.8 Å². The highest BCUT2D eigenvalue weighted by Gasteiger charge is 2.28. The van der Waals surface area contributed by atoms with Crippen LogP contribution in [-0.2, 0) is 17.8 Å². The van der Waals surface area contributed by atoms with Crippen molar-refractivity contribution in [2.75, 3.05) is 44.9 Å². The van der Waals surface area contributed by atoms with Gasteiger partial charge in [0.25, 0.3) is 0 Å². The maximum atomic E-state index is 12.2. The first-order valence-corrected chi connectivity index (χ1v) is 9.94. The van der Waals surface area contributed by atoms with Gasteiger partial charge in [0, 0.05) is 45.0 Å². The van der Waals surface area contributed by atoms with E-state index in [0.717, 1.165) is 30.0 Å². The Hall–Kier alpha value is -2.28. The van der Waals surface area contributed by atoms with Crippen molar-refractivity contribution >= 4 is 35.8 Å². The molecule has 1 aromatic carbocycles. The number of nitrogens with one attached hydrogen (secondary N) is 2. The number of ether oxygens (including phenoxy) is 2. The molecular weight excluding hydrogens is 538 g/mol. The standard InChI is InChI=1S/C21H26F3N5O2.HI/c1-25-20(27-13-16-4-6-18(7-5-16)31-15-21(22,23)24)28-14-17-3-2-8-26-19(17)29-9-11-30-12-10-29;/h2-8H,9-15H2,1H3,(H2,25,27,28);1H. The maximum absolute atomic E-state index is 12.2. The predicted molar refractivity (Wildman–Crippen MR) is 128 cm³/mol. The highest BCUT2D eigenvalue weighted by molar-refractivity contribution is 14.0. The highest BCUT2D eigenvalue weighted by atomic mass is 127. The van der Waals surface area contributed by atoms with Crippen LogP contribution in [0.25, 0.3) is 0 Å². The number of anilines is 1. The molecule has 0 bridgehead atoms. The lowest BCUT2D eigenvalue weighted by Crippen LogP contribution is -2.39. The largest absolute Gasteiger partial charge is 0.484 e. The van der Waals surface area contributed by atoms with Crippen LogP contribution < -0.4 is 20.3 Å².